The van der Waals surface area contributed by atoms with E-state index < -0.39 is 0 Å². The number of nitrogen functional groups attached to an aromatic ring is 1. The predicted molar refractivity (Wildman–Crippen MR) is 123 cm³/mol. The number of hydrogen-bond donors (Lipinski definition) is 2. The maximum absolute atomic E-state index is 8.79. The minimum Gasteiger partial charge on any atom is -0.493 e. The summed E-state index contributed by atoms with van der Waals surface area (Å²) in [5.41, 5.74) is 9.02. The van der Waals surface area contributed by atoms with Crippen molar-refractivity contribution in [2.45, 2.75) is 6.42 Å². The van der Waals surface area contributed by atoms with Crippen LogP contribution in [0.4, 0.5) is 17.2 Å². The number of pyridine rings is 1. The number of ether oxygens (including phenoxy) is 2. The number of nitrogens with zero attached hydrogens (tertiary/aromatic N) is 3. The van der Waals surface area contributed by atoms with E-state index >= 15 is 0 Å². The molecule has 0 bridgehead atoms. The zero-order chi connectivity index (χ0) is 22.2. The maximum Gasteiger partial charge on any atom is 0.221 e. The molecule has 3 N–H and O–H groups in total. The van der Waals surface area contributed by atoms with Crippen LogP contribution in [0.15, 0.2) is 59.1 Å². The van der Waals surface area contributed by atoms with Gasteiger partial charge >= 0.3 is 0 Å². The highest BCUT2D eigenvalue weighted by Crippen LogP contribution is 2.40. The molecule has 0 saturated carbocycles. The standard InChI is InChI=1S/C23H18BrN5O2/c1-30-20-14-16(3-2-11-25)13-18(24)22(20)31-21-9-8-19(27)23(29-21)28-17-6-4-15(5-7-17)10-12-26/h2-9,13-14H,10,27H2,1H3,(H,28,29)/b3-2+. The lowest BCUT2D eigenvalue weighted by molar-refractivity contribution is 0.373. The SMILES string of the molecule is COc1cc(/C=C/C#N)cc(Br)c1Oc1ccc(N)c(Nc2ccc(CC#N)cc2)n1. The Kier molecular flexibility index (Phi) is 7.10. The van der Waals surface area contributed by atoms with Gasteiger partial charge in [-0.3, -0.25) is 0 Å². The van der Waals surface area contributed by atoms with E-state index in [4.69, 9.17) is 25.7 Å². The van der Waals surface area contributed by atoms with Gasteiger partial charge in [0.1, 0.15) is 0 Å². The van der Waals surface area contributed by atoms with Gasteiger partial charge in [0.05, 0.1) is 35.8 Å². The highest BCUT2D eigenvalue weighted by Gasteiger charge is 2.14. The third-order valence-corrected chi connectivity index (χ3v) is 4.80. The number of nitrogens with two attached hydrogens (primary N) is 1. The van der Waals surface area contributed by atoms with Crippen molar-refractivity contribution in [2.75, 3.05) is 18.2 Å². The fourth-order valence-corrected chi connectivity index (χ4v) is 3.26. The van der Waals surface area contributed by atoms with Gasteiger partial charge in [0.2, 0.25) is 5.88 Å². The van der Waals surface area contributed by atoms with Crippen LogP contribution in [-0.4, -0.2) is 12.1 Å². The molecule has 0 amide bonds. The number of methoxy groups -OCH3 is 1. The van der Waals surface area contributed by atoms with Gasteiger partial charge in [0.15, 0.2) is 17.3 Å². The molecule has 2 aromatic carbocycles. The molecule has 1 aromatic heterocycles. The summed E-state index contributed by atoms with van der Waals surface area (Å²) >= 11 is 3.48. The van der Waals surface area contributed by atoms with Crippen molar-refractivity contribution >= 4 is 39.2 Å². The van der Waals surface area contributed by atoms with E-state index in [1.807, 2.05) is 36.4 Å². The van der Waals surface area contributed by atoms with E-state index in [0.717, 1.165) is 16.8 Å². The minimum atomic E-state index is 0.317. The molecular weight excluding hydrogens is 458 g/mol. The van der Waals surface area contributed by atoms with E-state index in [2.05, 4.69) is 32.3 Å². The number of hydrogen-bond acceptors (Lipinski definition) is 7. The molecule has 7 nitrogen and oxygen atoms in total. The molecule has 3 rings (SSSR count). The highest BCUT2D eigenvalue weighted by molar-refractivity contribution is 9.10. The van der Waals surface area contributed by atoms with Crippen LogP contribution in [0.25, 0.3) is 6.08 Å². The van der Waals surface area contributed by atoms with Gasteiger partial charge in [-0.25, -0.2) is 0 Å². The number of anilines is 3. The van der Waals surface area contributed by atoms with Gasteiger partial charge in [-0.05, 0) is 63.5 Å². The monoisotopic (exact) mass is 475 g/mol. The Morgan fingerprint density at radius 1 is 1.16 bits per heavy atom. The fraction of sp³-hybridized carbons (Fsp3) is 0.0870. The zero-order valence-corrected chi connectivity index (χ0v) is 18.2. The quantitative estimate of drug-likeness (QED) is 0.428. The summed E-state index contributed by atoms with van der Waals surface area (Å²) in [6, 6.07) is 18.4. The topological polar surface area (TPSA) is 117 Å². The first-order chi connectivity index (χ1) is 15.0. The molecule has 0 saturated heterocycles. The van der Waals surface area contributed by atoms with Crippen LogP contribution >= 0.6 is 15.9 Å². The molecule has 8 heteroatoms. The third-order valence-electron chi connectivity index (χ3n) is 4.21. The minimum absolute atomic E-state index is 0.317. The average Bonchev–Trinajstić information content (AvgIpc) is 2.77. The van der Waals surface area contributed by atoms with Crippen molar-refractivity contribution in [3.05, 3.63) is 70.2 Å². The molecule has 0 aliphatic carbocycles. The third kappa shape index (κ3) is 5.53. The van der Waals surface area contributed by atoms with Crippen molar-refractivity contribution in [3.8, 4) is 29.5 Å². The lowest BCUT2D eigenvalue weighted by Crippen LogP contribution is -2.01. The van der Waals surface area contributed by atoms with Gasteiger partial charge in [-0.1, -0.05) is 12.1 Å². The Balaban J connectivity index is 1.86. The largest absolute Gasteiger partial charge is 0.493 e. The van der Waals surface area contributed by atoms with Crippen molar-refractivity contribution in [2.24, 2.45) is 0 Å². The smallest absolute Gasteiger partial charge is 0.221 e. The van der Waals surface area contributed by atoms with E-state index in [-0.39, 0.29) is 0 Å². The number of nitriles is 2. The molecule has 0 aliphatic rings. The average molecular weight is 476 g/mol. The van der Waals surface area contributed by atoms with Gasteiger partial charge < -0.3 is 20.5 Å². The molecular formula is C23H18BrN5O2. The first-order valence-electron chi connectivity index (χ1n) is 9.15. The Labute approximate surface area is 188 Å². The second-order valence-electron chi connectivity index (χ2n) is 6.34. The summed E-state index contributed by atoms with van der Waals surface area (Å²) in [6.07, 6.45) is 3.41. The van der Waals surface area contributed by atoms with Gasteiger partial charge in [-0.2, -0.15) is 15.5 Å². The molecule has 31 heavy (non-hydrogen) atoms. The van der Waals surface area contributed by atoms with E-state index in [0.29, 0.717) is 39.8 Å². The van der Waals surface area contributed by atoms with Gasteiger partial charge in [0, 0.05) is 17.8 Å². The van der Waals surface area contributed by atoms with Crippen LogP contribution < -0.4 is 20.5 Å². The predicted octanol–water partition coefficient (Wildman–Crippen LogP) is 5.57. The molecule has 0 radical (unpaired) electrons. The van der Waals surface area contributed by atoms with Crippen LogP contribution in [0, 0.1) is 22.7 Å². The van der Waals surface area contributed by atoms with Crippen molar-refractivity contribution in [1.82, 2.24) is 4.98 Å². The lowest BCUT2D eigenvalue weighted by Gasteiger charge is -2.14. The number of allylic oxidation sites excluding steroid dienone is 1. The number of rotatable bonds is 7. The summed E-state index contributed by atoms with van der Waals surface area (Å²) < 4.78 is 12.1. The first-order valence-corrected chi connectivity index (χ1v) is 9.94. The Bertz CT molecular complexity index is 1190. The van der Waals surface area contributed by atoms with E-state index in [1.165, 1.54) is 13.2 Å². The van der Waals surface area contributed by atoms with Crippen molar-refractivity contribution in [3.63, 3.8) is 0 Å². The molecule has 3 aromatic rings. The van der Waals surface area contributed by atoms with Crippen LogP contribution in [0.2, 0.25) is 0 Å². The second kappa shape index (κ2) is 10.1. The summed E-state index contributed by atoms with van der Waals surface area (Å²) in [6.45, 7) is 0. The Hall–Kier alpha value is -4.01. The molecule has 0 unspecified atom stereocenters. The van der Waals surface area contributed by atoms with Crippen molar-refractivity contribution in [1.29, 1.82) is 10.5 Å². The van der Waals surface area contributed by atoms with Crippen molar-refractivity contribution < 1.29 is 9.47 Å². The molecule has 1 heterocycles. The number of benzene rings is 2. The van der Waals surface area contributed by atoms with Crippen LogP contribution in [0.3, 0.4) is 0 Å². The molecule has 0 atom stereocenters. The van der Waals surface area contributed by atoms with E-state index in [1.54, 1.807) is 24.3 Å². The highest BCUT2D eigenvalue weighted by atomic mass is 79.9. The normalized spacial score (nSPS) is 10.3. The van der Waals surface area contributed by atoms with Gasteiger partial charge in [-0.15, -0.1) is 0 Å². The lowest BCUT2D eigenvalue weighted by atomic mass is 10.1. The first kappa shape index (κ1) is 21.7. The summed E-state index contributed by atoms with van der Waals surface area (Å²) in [5.74, 6) is 1.68. The second-order valence-corrected chi connectivity index (χ2v) is 7.20. The number of aromatic nitrogens is 1. The molecule has 0 aliphatic heterocycles. The summed E-state index contributed by atoms with van der Waals surface area (Å²) in [5, 5.41) is 20.7. The number of halogens is 1. The molecule has 154 valence electrons. The molecule has 0 fully saturated rings. The summed E-state index contributed by atoms with van der Waals surface area (Å²) in [4.78, 5) is 4.47. The Morgan fingerprint density at radius 3 is 2.61 bits per heavy atom. The molecule has 0 spiro atoms. The van der Waals surface area contributed by atoms with Crippen LogP contribution in [0.1, 0.15) is 11.1 Å². The maximum atomic E-state index is 8.79. The van der Waals surface area contributed by atoms with Crippen LogP contribution in [-0.2, 0) is 6.42 Å². The van der Waals surface area contributed by atoms with E-state index in [9.17, 15) is 0 Å². The van der Waals surface area contributed by atoms with Gasteiger partial charge in [0.25, 0.3) is 0 Å². The van der Waals surface area contributed by atoms with Crippen LogP contribution in [0.5, 0.6) is 17.4 Å². The Morgan fingerprint density at radius 2 is 1.94 bits per heavy atom. The summed E-state index contributed by atoms with van der Waals surface area (Å²) in [7, 11) is 1.53. The number of nitrogens with one attached hydrogen (secondary N) is 1. The fourth-order valence-electron chi connectivity index (χ4n) is 2.72. The zero-order valence-electron chi connectivity index (χ0n) is 16.6.